The van der Waals surface area contributed by atoms with Crippen LogP contribution in [0.3, 0.4) is 0 Å². The summed E-state index contributed by atoms with van der Waals surface area (Å²) in [7, 11) is 0. The minimum Gasteiger partial charge on any atom is -0.332 e. The first-order valence-corrected chi connectivity index (χ1v) is 6.47. The van der Waals surface area contributed by atoms with E-state index in [2.05, 4.69) is 10.6 Å². The van der Waals surface area contributed by atoms with E-state index in [1.807, 2.05) is 0 Å². The number of thiocarbonyl (C=S) groups is 1. The Kier molecular flexibility index (Phi) is 4.29. The zero-order valence-electron chi connectivity index (χ0n) is 11.1. The van der Waals surface area contributed by atoms with Crippen molar-refractivity contribution in [3.63, 3.8) is 0 Å². The van der Waals surface area contributed by atoms with Crippen LogP contribution < -0.4 is 10.6 Å². The predicted molar refractivity (Wildman–Crippen MR) is 82.1 cm³/mol. The van der Waals surface area contributed by atoms with Crippen molar-refractivity contribution in [3.8, 4) is 0 Å². The molecular formula is C15H14F2N2S. The lowest BCUT2D eigenvalue weighted by atomic mass is 10.2. The third-order valence-corrected chi connectivity index (χ3v) is 3.06. The van der Waals surface area contributed by atoms with Crippen LogP contribution in [0.1, 0.15) is 11.1 Å². The van der Waals surface area contributed by atoms with E-state index in [1.165, 1.54) is 12.1 Å². The smallest absolute Gasteiger partial charge is 0.175 e. The molecule has 2 aromatic rings. The van der Waals surface area contributed by atoms with E-state index < -0.39 is 0 Å². The second-order valence-electron chi connectivity index (χ2n) is 4.51. The van der Waals surface area contributed by atoms with Crippen molar-refractivity contribution in [2.24, 2.45) is 0 Å². The number of nitrogens with one attached hydrogen (secondary N) is 2. The SMILES string of the molecule is Cc1ccc(NC(=S)Nc2ccc(C)c(F)c2)cc1F. The maximum absolute atomic E-state index is 13.4. The normalized spacial score (nSPS) is 10.2. The van der Waals surface area contributed by atoms with E-state index >= 15 is 0 Å². The number of anilines is 2. The molecule has 5 heteroatoms. The molecule has 0 amide bonds. The minimum absolute atomic E-state index is 0.275. The summed E-state index contributed by atoms with van der Waals surface area (Å²) in [6.07, 6.45) is 0. The van der Waals surface area contributed by atoms with Gasteiger partial charge in [-0.3, -0.25) is 0 Å². The summed E-state index contributed by atoms with van der Waals surface area (Å²) in [5, 5.41) is 5.98. The van der Waals surface area contributed by atoms with Gasteiger partial charge in [-0.1, -0.05) is 12.1 Å². The summed E-state index contributed by atoms with van der Waals surface area (Å²) in [6, 6.07) is 9.49. The lowest BCUT2D eigenvalue weighted by Gasteiger charge is -2.11. The van der Waals surface area contributed by atoms with Gasteiger partial charge in [0.05, 0.1) is 0 Å². The van der Waals surface area contributed by atoms with Gasteiger partial charge in [-0.15, -0.1) is 0 Å². The number of aryl methyl sites for hydroxylation is 2. The Bertz CT molecular complexity index is 601. The van der Waals surface area contributed by atoms with E-state index in [0.717, 1.165) is 0 Å². The Morgan fingerprint density at radius 2 is 1.25 bits per heavy atom. The molecule has 0 saturated carbocycles. The molecule has 0 aliphatic carbocycles. The van der Waals surface area contributed by atoms with E-state index in [0.29, 0.717) is 22.5 Å². The van der Waals surface area contributed by atoms with Gasteiger partial charge in [-0.05, 0) is 61.5 Å². The van der Waals surface area contributed by atoms with Gasteiger partial charge in [0.1, 0.15) is 11.6 Å². The van der Waals surface area contributed by atoms with Crippen LogP contribution in [0.2, 0.25) is 0 Å². The summed E-state index contributed by atoms with van der Waals surface area (Å²) < 4.78 is 26.8. The first-order valence-electron chi connectivity index (χ1n) is 6.06. The first kappa shape index (κ1) is 14.4. The van der Waals surface area contributed by atoms with Crippen molar-refractivity contribution in [2.45, 2.75) is 13.8 Å². The van der Waals surface area contributed by atoms with Gasteiger partial charge in [0.15, 0.2) is 5.11 Å². The number of rotatable bonds is 2. The minimum atomic E-state index is -0.306. The fourth-order valence-electron chi connectivity index (χ4n) is 1.63. The lowest BCUT2D eigenvalue weighted by molar-refractivity contribution is 0.619. The van der Waals surface area contributed by atoms with Crippen LogP contribution in [0.15, 0.2) is 36.4 Å². The van der Waals surface area contributed by atoms with E-state index in [1.54, 1.807) is 38.1 Å². The largest absolute Gasteiger partial charge is 0.332 e. The predicted octanol–water partition coefficient (Wildman–Crippen LogP) is 4.39. The van der Waals surface area contributed by atoms with E-state index in [4.69, 9.17) is 12.2 Å². The molecule has 0 bridgehead atoms. The van der Waals surface area contributed by atoms with E-state index in [-0.39, 0.29) is 16.7 Å². The topological polar surface area (TPSA) is 24.1 Å². The third-order valence-electron chi connectivity index (χ3n) is 2.86. The Morgan fingerprint density at radius 3 is 1.60 bits per heavy atom. The van der Waals surface area contributed by atoms with Crippen molar-refractivity contribution < 1.29 is 8.78 Å². The molecule has 0 atom stereocenters. The standard InChI is InChI=1S/C15H14F2N2S/c1-9-3-5-11(7-13(9)16)18-15(20)19-12-6-4-10(2)14(17)8-12/h3-8H,1-2H3,(H2,18,19,20). The molecule has 0 heterocycles. The Balaban J connectivity index is 2.04. The first-order chi connectivity index (χ1) is 9.45. The molecule has 20 heavy (non-hydrogen) atoms. The van der Waals surface area contributed by atoms with Crippen molar-refractivity contribution >= 4 is 28.7 Å². The average Bonchev–Trinajstić information content (AvgIpc) is 2.38. The lowest BCUT2D eigenvalue weighted by Crippen LogP contribution is -2.19. The molecule has 0 saturated heterocycles. The molecule has 0 fully saturated rings. The van der Waals surface area contributed by atoms with Crippen molar-refractivity contribution in [1.82, 2.24) is 0 Å². The molecule has 0 radical (unpaired) electrons. The number of benzene rings is 2. The van der Waals surface area contributed by atoms with Gasteiger partial charge in [0.25, 0.3) is 0 Å². The second kappa shape index (κ2) is 5.96. The molecule has 0 spiro atoms. The molecule has 104 valence electrons. The van der Waals surface area contributed by atoms with Crippen LogP contribution in [-0.4, -0.2) is 5.11 Å². The zero-order chi connectivity index (χ0) is 14.7. The average molecular weight is 292 g/mol. The van der Waals surface area contributed by atoms with Crippen molar-refractivity contribution in [3.05, 3.63) is 59.2 Å². The van der Waals surface area contributed by atoms with Gasteiger partial charge in [-0.25, -0.2) is 8.78 Å². The fourth-order valence-corrected chi connectivity index (χ4v) is 1.87. The summed E-state index contributed by atoms with van der Waals surface area (Å²) in [5.41, 5.74) is 2.21. The zero-order valence-corrected chi connectivity index (χ0v) is 11.9. The number of hydrogen-bond donors (Lipinski definition) is 2. The second-order valence-corrected chi connectivity index (χ2v) is 4.92. The summed E-state index contributed by atoms with van der Waals surface area (Å²) >= 11 is 5.10. The van der Waals surface area contributed by atoms with Crippen LogP contribution in [0.4, 0.5) is 20.2 Å². The highest BCUT2D eigenvalue weighted by molar-refractivity contribution is 7.80. The summed E-state index contributed by atoms with van der Waals surface area (Å²) in [5.74, 6) is -0.613. The number of halogens is 2. The van der Waals surface area contributed by atoms with Gasteiger partial charge < -0.3 is 10.6 Å². The van der Waals surface area contributed by atoms with Crippen molar-refractivity contribution in [2.75, 3.05) is 10.6 Å². The molecule has 2 rings (SSSR count). The highest BCUT2D eigenvalue weighted by Crippen LogP contribution is 2.16. The Labute approximate surface area is 121 Å². The number of hydrogen-bond acceptors (Lipinski definition) is 1. The van der Waals surface area contributed by atoms with Crippen LogP contribution in [0.25, 0.3) is 0 Å². The van der Waals surface area contributed by atoms with Crippen LogP contribution in [-0.2, 0) is 0 Å². The maximum atomic E-state index is 13.4. The highest BCUT2D eigenvalue weighted by atomic mass is 32.1. The Hall–Kier alpha value is -2.01. The summed E-state index contributed by atoms with van der Waals surface area (Å²) in [4.78, 5) is 0. The van der Waals surface area contributed by atoms with E-state index in [9.17, 15) is 8.78 Å². The van der Waals surface area contributed by atoms with Gasteiger partial charge >= 0.3 is 0 Å². The fraction of sp³-hybridized carbons (Fsp3) is 0.133. The third kappa shape index (κ3) is 3.51. The Morgan fingerprint density at radius 1 is 0.850 bits per heavy atom. The van der Waals surface area contributed by atoms with Crippen molar-refractivity contribution in [1.29, 1.82) is 0 Å². The monoisotopic (exact) mass is 292 g/mol. The maximum Gasteiger partial charge on any atom is 0.175 e. The molecule has 0 aromatic heterocycles. The van der Waals surface area contributed by atoms with Gasteiger partial charge in [0, 0.05) is 11.4 Å². The van der Waals surface area contributed by atoms with Gasteiger partial charge in [0.2, 0.25) is 0 Å². The molecule has 0 aliphatic heterocycles. The quantitative estimate of drug-likeness (QED) is 0.803. The molecule has 2 N–H and O–H groups in total. The van der Waals surface area contributed by atoms with Gasteiger partial charge in [-0.2, -0.15) is 0 Å². The highest BCUT2D eigenvalue weighted by Gasteiger charge is 2.04. The molecule has 0 aliphatic rings. The molecule has 0 unspecified atom stereocenters. The van der Waals surface area contributed by atoms with Crippen LogP contribution in [0.5, 0.6) is 0 Å². The summed E-state index contributed by atoms with van der Waals surface area (Å²) in [6.45, 7) is 3.37. The van der Waals surface area contributed by atoms with Crippen LogP contribution in [0, 0.1) is 25.5 Å². The van der Waals surface area contributed by atoms with Crippen LogP contribution >= 0.6 is 12.2 Å². The molecular weight excluding hydrogens is 278 g/mol. The molecule has 2 aromatic carbocycles. The molecule has 2 nitrogen and oxygen atoms in total.